The highest BCUT2D eigenvalue weighted by Crippen LogP contribution is 2.29. The van der Waals surface area contributed by atoms with Crippen molar-refractivity contribution in [3.05, 3.63) is 94.7 Å². The second kappa shape index (κ2) is 14.0. The van der Waals surface area contributed by atoms with Gasteiger partial charge in [0.25, 0.3) is 5.91 Å². The Bertz CT molecular complexity index is 1740. The molecular weight excluding hydrogens is 580 g/mol. The van der Waals surface area contributed by atoms with Crippen LogP contribution in [-0.2, 0) is 21.2 Å². The summed E-state index contributed by atoms with van der Waals surface area (Å²) in [6.07, 6.45) is -0.977. The number of hydrogen-bond donors (Lipinski definition) is 2. The van der Waals surface area contributed by atoms with Gasteiger partial charge in [0.15, 0.2) is 23.8 Å². The number of carbonyl (C=O) groups is 1. The lowest BCUT2D eigenvalue weighted by Gasteiger charge is -2.30. The third-order valence-electron chi connectivity index (χ3n) is 7.10. The van der Waals surface area contributed by atoms with Crippen molar-refractivity contribution in [2.24, 2.45) is 5.92 Å². The third kappa shape index (κ3) is 8.02. The van der Waals surface area contributed by atoms with Gasteiger partial charge in [0, 0.05) is 26.1 Å². The number of fused-ring (bicyclic) bond motifs is 1. The van der Waals surface area contributed by atoms with Crippen LogP contribution in [-0.4, -0.2) is 60.6 Å². The second-order valence-electron chi connectivity index (χ2n) is 11.3. The van der Waals surface area contributed by atoms with Gasteiger partial charge in [0.2, 0.25) is 10.0 Å². The van der Waals surface area contributed by atoms with E-state index in [4.69, 9.17) is 15.7 Å². The van der Waals surface area contributed by atoms with Crippen LogP contribution in [0.2, 0.25) is 0 Å². The molecular formula is C33H38N4O6S. The van der Waals surface area contributed by atoms with E-state index in [1.807, 2.05) is 58.0 Å². The fraction of sp³-hybridized carbons (Fsp3) is 0.364. The van der Waals surface area contributed by atoms with Crippen LogP contribution < -0.4 is 10.1 Å². The number of nitrogens with one attached hydrogen (secondary N) is 1. The lowest BCUT2D eigenvalue weighted by molar-refractivity contribution is -0.124. The van der Waals surface area contributed by atoms with Crippen molar-refractivity contribution in [1.29, 1.82) is 0 Å². The number of nitrogens with zero attached hydrogens (tertiary/aromatic N) is 3. The maximum absolute atomic E-state index is 13.9. The SMILES string of the molecule is [C-]#[N+]c1cc(C)c(OCC(=O)N[C@@H](Cc2ccccc2)[C@H](O)CN(CC(C)C)S(=O)(=O)c2ccc3nc(C)oc3c2)c(C)c1. The van der Waals surface area contributed by atoms with Crippen molar-refractivity contribution in [2.75, 3.05) is 19.7 Å². The molecule has 0 saturated carbocycles. The van der Waals surface area contributed by atoms with Gasteiger partial charge < -0.3 is 19.6 Å². The fourth-order valence-corrected chi connectivity index (χ4v) is 6.74. The number of aryl methyl sites for hydroxylation is 3. The van der Waals surface area contributed by atoms with Gasteiger partial charge in [0.1, 0.15) is 11.3 Å². The number of amides is 1. The summed E-state index contributed by atoms with van der Waals surface area (Å²) in [6, 6.07) is 16.4. The Hall–Kier alpha value is -4.24. The van der Waals surface area contributed by atoms with Crippen LogP contribution in [0.1, 0.15) is 36.4 Å². The van der Waals surface area contributed by atoms with Crippen molar-refractivity contribution in [1.82, 2.24) is 14.6 Å². The van der Waals surface area contributed by atoms with Gasteiger partial charge in [-0.25, -0.2) is 18.2 Å². The van der Waals surface area contributed by atoms with Crippen molar-refractivity contribution >= 4 is 32.7 Å². The molecule has 11 heteroatoms. The van der Waals surface area contributed by atoms with E-state index in [1.165, 1.54) is 16.4 Å². The van der Waals surface area contributed by atoms with Crippen LogP contribution >= 0.6 is 0 Å². The summed E-state index contributed by atoms with van der Waals surface area (Å²) in [7, 11) is -4.04. The van der Waals surface area contributed by atoms with E-state index >= 15 is 0 Å². The van der Waals surface area contributed by atoms with Crippen molar-refractivity contribution in [3.8, 4) is 5.75 Å². The van der Waals surface area contributed by atoms with E-state index in [1.54, 1.807) is 25.1 Å². The van der Waals surface area contributed by atoms with Crippen molar-refractivity contribution in [3.63, 3.8) is 0 Å². The Labute approximate surface area is 258 Å². The first-order chi connectivity index (χ1) is 20.9. The molecule has 4 rings (SSSR count). The molecule has 0 unspecified atom stereocenters. The Morgan fingerprint density at radius 1 is 1.07 bits per heavy atom. The van der Waals surface area contributed by atoms with Gasteiger partial charge >= 0.3 is 0 Å². The fourth-order valence-electron chi connectivity index (χ4n) is 5.10. The van der Waals surface area contributed by atoms with Crippen LogP contribution in [0.3, 0.4) is 0 Å². The Balaban J connectivity index is 1.55. The molecule has 0 aliphatic rings. The van der Waals surface area contributed by atoms with E-state index < -0.39 is 28.1 Å². The summed E-state index contributed by atoms with van der Waals surface area (Å²) in [5.41, 5.74) is 3.73. The zero-order valence-corrected chi connectivity index (χ0v) is 26.4. The van der Waals surface area contributed by atoms with E-state index in [0.29, 0.717) is 28.4 Å². The summed E-state index contributed by atoms with van der Waals surface area (Å²) < 4.78 is 40.3. The first-order valence-corrected chi connectivity index (χ1v) is 15.8. The molecule has 0 radical (unpaired) electrons. The van der Waals surface area contributed by atoms with E-state index in [2.05, 4.69) is 15.1 Å². The molecule has 44 heavy (non-hydrogen) atoms. The van der Waals surface area contributed by atoms with Crippen LogP contribution in [0, 0.1) is 33.3 Å². The highest BCUT2D eigenvalue weighted by Gasteiger charge is 2.32. The standard InChI is InChI=1S/C33H38N4O6S/c1-21(2)18-37(44(40,41)27-12-13-28-31(17-27)43-24(5)35-28)19-30(38)29(16-25-10-8-7-9-11-25)36-32(39)20-42-33-22(3)14-26(34-6)15-23(33)4/h7-15,17,21,29-30,38H,16,18-20H2,1-5H3,(H,36,39)/t29-,30+/m0/s1. The minimum absolute atomic E-state index is 0.0287. The molecule has 0 aliphatic carbocycles. The minimum Gasteiger partial charge on any atom is -0.483 e. The Morgan fingerprint density at radius 2 is 1.75 bits per heavy atom. The monoisotopic (exact) mass is 618 g/mol. The summed E-state index contributed by atoms with van der Waals surface area (Å²) in [6.45, 7) is 15.9. The highest BCUT2D eigenvalue weighted by molar-refractivity contribution is 7.89. The highest BCUT2D eigenvalue weighted by atomic mass is 32.2. The zero-order valence-electron chi connectivity index (χ0n) is 25.6. The van der Waals surface area contributed by atoms with Crippen LogP contribution in [0.25, 0.3) is 15.9 Å². The van der Waals surface area contributed by atoms with E-state index in [0.717, 1.165) is 16.7 Å². The quantitative estimate of drug-likeness (QED) is 0.199. The van der Waals surface area contributed by atoms with Crippen LogP contribution in [0.4, 0.5) is 5.69 Å². The van der Waals surface area contributed by atoms with Gasteiger partial charge in [-0.3, -0.25) is 4.79 Å². The molecule has 2 N–H and O–H groups in total. The van der Waals surface area contributed by atoms with E-state index in [9.17, 15) is 18.3 Å². The number of benzene rings is 3. The lowest BCUT2D eigenvalue weighted by Crippen LogP contribution is -2.52. The van der Waals surface area contributed by atoms with Gasteiger partial charge in [-0.15, -0.1) is 0 Å². The third-order valence-corrected chi connectivity index (χ3v) is 8.92. The molecule has 1 aromatic heterocycles. The first-order valence-electron chi connectivity index (χ1n) is 14.4. The Kier molecular flexibility index (Phi) is 10.4. The van der Waals surface area contributed by atoms with Crippen molar-refractivity contribution < 1.29 is 27.5 Å². The molecule has 1 amide bonds. The largest absolute Gasteiger partial charge is 0.483 e. The lowest BCUT2D eigenvalue weighted by atomic mass is 10.0. The normalized spacial score (nSPS) is 13.2. The molecule has 2 atom stereocenters. The topological polar surface area (TPSA) is 126 Å². The number of sulfonamides is 1. The summed E-state index contributed by atoms with van der Waals surface area (Å²) in [4.78, 5) is 20.9. The van der Waals surface area contributed by atoms with Gasteiger partial charge in [-0.1, -0.05) is 44.2 Å². The molecule has 0 bridgehead atoms. The molecule has 4 aromatic rings. The minimum atomic E-state index is -4.04. The first kappa shape index (κ1) is 32.7. The van der Waals surface area contributed by atoms with Gasteiger partial charge in [-0.05, 0) is 67.1 Å². The number of oxazole rings is 1. The predicted octanol–water partition coefficient (Wildman–Crippen LogP) is 5.12. The average molecular weight is 619 g/mol. The Morgan fingerprint density at radius 3 is 2.39 bits per heavy atom. The molecule has 0 saturated heterocycles. The number of rotatable bonds is 13. The summed E-state index contributed by atoms with van der Waals surface area (Å²) >= 11 is 0. The summed E-state index contributed by atoms with van der Waals surface area (Å²) in [5.74, 6) is 0.436. The number of aliphatic hydroxyl groups excluding tert-OH is 1. The van der Waals surface area contributed by atoms with Crippen LogP contribution in [0.15, 0.2) is 70.0 Å². The maximum atomic E-state index is 13.9. The molecule has 1 heterocycles. The molecule has 0 fully saturated rings. The van der Waals surface area contributed by atoms with E-state index in [-0.39, 0.29) is 36.9 Å². The van der Waals surface area contributed by atoms with Crippen molar-refractivity contribution in [2.45, 2.75) is 58.1 Å². The molecule has 3 aromatic carbocycles. The van der Waals surface area contributed by atoms with Crippen LogP contribution in [0.5, 0.6) is 5.75 Å². The predicted molar refractivity (Wildman–Crippen MR) is 168 cm³/mol. The molecule has 0 spiro atoms. The molecule has 0 aliphatic heterocycles. The number of ether oxygens (including phenoxy) is 1. The molecule has 10 nitrogen and oxygen atoms in total. The number of hydrogen-bond acceptors (Lipinski definition) is 7. The smallest absolute Gasteiger partial charge is 0.258 e. The number of carbonyl (C=O) groups excluding carboxylic acids is 1. The number of aliphatic hydroxyl groups is 1. The zero-order chi connectivity index (χ0) is 32.0. The average Bonchev–Trinajstić information content (AvgIpc) is 3.35. The summed E-state index contributed by atoms with van der Waals surface area (Å²) in [5, 5.41) is 14.4. The van der Waals surface area contributed by atoms with Gasteiger partial charge in [-0.2, -0.15) is 4.31 Å². The number of aromatic nitrogens is 1. The molecule has 232 valence electrons. The second-order valence-corrected chi connectivity index (χ2v) is 13.3. The van der Waals surface area contributed by atoms with Gasteiger partial charge in [0.05, 0.1) is 23.6 Å². The maximum Gasteiger partial charge on any atom is 0.258 e.